The lowest BCUT2D eigenvalue weighted by molar-refractivity contribution is 0.669. The molecule has 12 aromatic rings. The first kappa shape index (κ1) is 34.1. The van der Waals surface area contributed by atoms with Gasteiger partial charge in [0.15, 0.2) is 0 Å². The van der Waals surface area contributed by atoms with Crippen molar-refractivity contribution in [1.82, 2.24) is 14.1 Å². The third kappa shape index (κ3) is 4.94. The van der Waals surface area contributed by atoms with Crippen LogP contribution in [0.3, 0.4) is 0 Å². The van der Waals surface area contributed by atoms with Gasteiger partial charge < -0.3 is 8.98 Å². The van der Waals surface area contributed by atoms with Crippen molar-refractivity contribution in [3.8, 4) is 17.6 Å². The first-order chi connectivity index (χ1) is 29.7. The lowest BCUT2D eigenvalue weighted by atomic mass is 10.1. The van der Waals surface area contributed by atoms with Crippen LogP contribution in [0.4, 0.5) is 0 Å². The van der Waals surface area contributed by atoms with Crippen molar-refractivity contribution in [2.45, 2.75) is 0 Å². The van der Waals surface area contributed by atoms with Crippen LogP contribution < -0.4 is 20.9 Å². The summed E-state index contributed by atoms with van der Waals surface area (Å²) in [5, 5.41) is 21.3. The van der Waals surface area contributed by atoms with Crippen LogP contribution in [0.15, 0.2) is 211 Å². The summed E-state index contributed by atoms with van der Waals surface area (Å²) in [5.74, 6) is 0.834. The summed E-state index contributed by atoms with van der Waals surface area (Å²) in [5.41, 5.74) is 7.76. The van der Waals surface area contributed by atoms with E-state index in [2.05, 4.69) is 197 Å². The number of hydrogen-bond donors (Lipinski definition) is 0. The number of aromatic nitrogens is 3. The Morgan fingerprint density at radius 3 is 1.75 bits per heavy atom. The summed E-state index contributed by atoms with van der Waals surface area (Å²) in [4.78, 5) is 5.75. The van der Waals surface area contributed by atoms with Gasteiger partial charge >= 0.3 is 0 Å². The van der Waals surface area contributed by atoms with Gasteiger partial charge in [-0.25, -0.2) is 4.98 Å². The van der Waals surface area contributed by atoms with Gasteiger partial charge in [0.25, 0.3) is 0 Å². The molecule has 0 spiro atoms. The van der Waals surface area contributed by atoms with E-state index in [0.717, 1.165) is 71.6 Å². The van der Waals surface area contributed by atoms with Crippen molar-refractivity contribution in [2.24, 2.45) is 0 Å². The van der Waals surface area contributed by atoms with Gasteiger partial charge in [0.1, 0.15) is 17.0 Å². The zero-order valence-electron chi connectivity index (χ0n) is 32.3. The van der Waals surface area contributed by atoms with E-state index in [4.69, 9.17) is 9.40 Å². The molecule has 0 aliphatic heterocycles. The van der Waals surface area contributed by atoms with Crippen molar-refractivity contribution in [3.05, 3.63) is 212 Å². The molecule has 0 aliphatic carbocycles. The molecular formula is C54H34N4OSi. The van der Waals surface area contributed by atoms with Crippen molar-refractivity contribution >= 4 is 94.5 Å². The summed E-state index contributed by atoms with van der Waals surface area (Å²) in [6.07, 6.45) is 0. The smallest absolute Gasteiger partial charge is 0.202 e. The Morgan fingerprint density at radius 2 is 1.02 bits per heavy atom. The van der Waals surface area contributed by atoms with Gasteiger partial charge in [-0.1, -0.05) is 133 Å². The molecule has 0 amide bonds. The molecule has 0 aliphatic rings. The first-order valence-electron chi connectivity index (χ1n) is 20.2. The van der Waals surface area contributed by atoms with Crippen LogP contribution in [-0.2, 0) is 0 Å². The zero-order chi connectivity index (χ0) is 39.8. The van der Waals surface area contributed by atoms with E-state index in [-0.39, 0.29) is 0 Å². The Labute approximate surface area is 346 Å². The standard InChI is InChI=1S/C54H34N4OSi/c55-35-36-29-30-49-44(31-36)41-21-8-11-25-48(41)58(49)53-27-14-28-54(56-53)60(38-16-3-1-4-17-38,39-18-5-2-6-19-39)40-20-13-15-37(32-40)57-47-24-10-7-22-42(47)45-33-46-43-23-9-12-26-51(43)59-52(46)34-50(45)57/h1-34H. The molecule has 0 N–H and O–H groups in total. The molecule has 6 heteroatoms. The molecule has 0 saturated heterocycles. The van der Waals surface area contributed by atoms with E-state index in [9.17, 15) is 5.26 Å². The predicted octanol–water partition coefficient (Wildman–Crippen LogP) is 10.4. The van der Waals surface area contributed by atoms with Crippen LogP contribution in [0.25, 0.3) is 77.1 Å². The molecule has 0 atom stereocenters. The number of hydrogen-bond acceptors (Lipinski definition) is 3. The van der Waals surface area contributed by atoms with Gasteiger partial charge in [-0.2, -0.15) is 5.26 Å². The normalized spacial score (nSPS) is 12.0. The number of nitriles is 1. The lowest BCUT2D eigenvalue weighted by Gasteiger charge is -2.34. The second-order valence-corrected chi connectivity index (χ2v) is 19.2. The Morgan fingerprint density at radius 1 is 0.417 bits per heavy atom. The van der Waals surface area contributed by atoms with Gasteiger partial charge in [0.05, 0.1) is 33.7 Å². The Kier molecular flexibility index (Phi) is 7.55. The molecule has 0 bridgehead atoms. The largest absolute Gasteiger partial charge is 0.456 e. The molecule has 4 aromatic heterocycles. The van der Waals surface area contributed by atoms with Crippen LogP contribution in [0.5, 0.6) is 0 Å². The second-order valence-electron chi connectivity index (χ2n) is 15.4. The molecule has 0 fully saturated rings. The summed E-state index contributed by atoms with van der Waals surface area (Å²) < 4.78 is 11.1. The molecule has 5 nitrogen and oxygen atoms in total. The topological polar surface area (TPSA) is 59.7 Å². The van der Waals surface area contributed by atoms with Crippen LogP contribution in [-0.4, -0.2) is 22.2 Å². The van der Waals surface area contributed by atoms with Crippen LogP contribution in [0.1, 0.15) is 5.56 Å². The lowest BCUT2D eigenvalue weighted by Crippen LogP contribution is -2.75. The molecule has 0 unspecified atom stereocenters. The van der Waals surface area contributed by atoms with E-state index in [1.807, 2.05) is 24.3 Å². The van der Waals surface area contributed by atoms with Crippen LogP contribution in [0, 0.1) is 11.3 Å². The van der Waals surface area contributed by atoms with E-state index in [1.165, 1.54) is 26.3 Å². The monoisotopic (exact) mass is 782 g/mol. The van der Waals surface area contributed by atoms with E-state index in [1.54, 1.807) is 0 Å². The minimum Gasteiger partial charge on any atom is -0.456 e. The van der Waals surface area contributed by atoms with Crippen molar-refractivity contribution in [2.75, 3.05) is 0 Å². The number of fused-ring (bicyclic) bond motifs is 9. The highest BCUT2D eigenvalue weighted by molar-refractivity contribution is 7.19. The van der Waals surface area contributed by atoms with Gasteiger partial charge in [0, 0.05) is 49.4 Å². The number of pyridine rings is 1. The molecular weight excluding hydrogens is 749 g/mol. The highest BCUT2D eigenvalue weighted by Crippen LogP contribution is 2.38. The van der Waals surface area contributed by atoms with E-state index in [0.29, 0.717) is 5.56 Å². The van der Waals surface area contributed by atoms with Gasteiger partial charge in [-0.3, -0.25) is 4.57 Å². The second kappa shape index (κ2) is 13.3. The Bertz CT molecular complexity index is 3650. The van der Waals surface area contributed by atoms with Crippen molar-refractivity contribution in [1.29, 1.82) is 5.26 Å². The molecule has 0 saturated carbocycles. The minimum absolute atomic E-state index is 0.636. The highest BCUT2D eigenvalue weighted by atomic mass is 28.3. The quantitative estimate of drug-likeness (QED) is 0.125. The Balaban J connectivity index is 1.14. The summed E-state index contributed by atoms with van der Waals surface area (Å²) >= 11 is 0. The number of furan rings is 1. The van der Waals surface area contributed by atoms with E-state index >= 15 is 0 Å². The van der Waals surface area contributed by atoms with Crippen molar-refractivity contribution < 1.29 is 4.42 Å². The zero-order valence-corrected chi connectivity index (χ0v) is 33.3. The van der Waals surface area contributed by atoms with Crippen LogP contribution in [0.2, 0.25) is 0 Å². The fourth-order valence-electron chi connectivity index (χ4n) is 9.71. The third-order valence-corrected chi connectivity index (χ3v) is 16.9. The third-order valence-electron chi connectivity index (χ3n) is 12.3. The predicted molar refractivity (Wildman–Crippen MR) is 249 cm³/mol. The van der Waals surface area contributed by atoms with Gasteiger partial charge in [-0.05, 0) is 82.3 Å². The molecule has 4 heterocycles. The number of benzene rings is 8. The highest BCUT2D eigenvalue weighted by Gasteiger charge is 2.43. The molecule has 280 valence electrons. The van der Waals surface area contributed by atoms with E-state index < -0.39 is 8.07 Å². The SMILES string of the molecule is N#Cc1ccc2c(c1)c1ccccc1n2-c1cccc([Si](c2ccccc2)(c2ccccc2)c2cccc(-n3c4ccccc4c4cc5c(cc43)oc3ccccc35)c2)n1. The summed E-state index contributed by atoms with van der Waals surface area (Å²) in [6.45, 7) is 0. The maximum Gasteiger partial charge on any atom is 0.202 e. The van der Waals surface area contributed by atoms with Gasteiger partial charge in [-0.15, -0.1) is 0 Å². The summed E-state index contributed by atoms with van der Waals surface area (Å²) in [6, 6.07) is 75.7. The molecule has 60 heavy (non-hydrogen) atoms. The maximum atomic E-state index is 9.83. The minimum atomic E-state index is -3.14. The Hall–Kier alpha value is -7.98. The average molecular weight is 783 g/mol. The van der Waals surface area contributed by atoms with Crippen molar-refractivity contribution in [3.63, 3.8) is 0 Å². The molecule has 0 radical (unpaired) electrons. The van der Waals surface area contributed by atoms with Crippen LogP contribution >= 0.6 is 0 Å². The maximum absolute atomic E-state index is 9.83. The van der Waals surface area contributed by atoms with Gasteiger partial charge in [0.2, 0.25) is 8.07 Å². The number of para-hydroxylation sites is 3. The summed E-state index contributed by atoms with van der Waals surface area (Å²) in [7, 11) is -3.14. The molecule has 12 rings (SSSR count). The number of nitrogens with zero attached hydrogens (tertiary/aromatic N) is 4. The fourth-order valence-corrected chi connectivity index (χ4v) is 14.3. The molecule has 8 aromatic carbocycles. The fraction of sp³-hybridized carbons (Fsp3) is 0. The average Bonchev–Trinajstić information content (AvgIpc) is 3.96. The number of rotatable bonds is 6. The first-order valence-corrected chi connectivity index (χ1v) is 22.2.